The SMILES string of the molecule is CCO[C@@H]1C[C@H](O)[C@@H](CO)O1. The fraction of sp³-hybridized carbons (Fsp3) is 1.00. The van der Waals surface area contributed by atoms with Crippen LogP contribution in [0.15, 0.2) is 0 Å². The van der Waals surface area contributed by atoms with E-state index >= 15 is 0 Å². The number of aliphatic hydroxyl groups excluding tert-OH is 2. The van der Waals surface area contributed by atoms with Crippen LogP contribution in [0.5, 0.6) is 0 Å². The Hall–Kier alpha value is -0.160. The van der Waals surface area contributed by atoms with Crippen LogP contribution in [0.25, 0.3) is 0 Å². The zero-order chi connectivity index (χ0) is 8.27. The fourth-order valence-electron chi connectivity index (χ4n) is 1.15. The average Bonchev–Trinajstić information content (AvgIpc) is 2.32. The molecule has 1 rings (SSSR count). The quantitative estimate of drug-likeness (QED) is 0.587. The van der Waals surface area contributed by atoms with Crippen molar-refractivity contribution in [2.45, 2.75) is 31.8 Å². The molecule has 0 aromatic heterocycles. The van der Waals surface area contributed by atoms with Crippen molar-refractivity contribution in [2.75, 3.05) is 13.2 Å². The molecule has 0 bridgehead atoms. The molecule has 0 amide bonds. The molecule has 0 aromatic carbocycles. The van der Waals surface area contributed by atoms with E-state index in [9.17, 15) is 5.11 Å². The summed E-state index contributed by atoms with van der Waals surface area (Å²) in [5, 5.41) is 17.9. The standard InChI is InChI=1S/C7H14O4/c1-2-10-7-3-5(9)6(4-8)11-7/h5-9H,2-4H2,1H3/t5-,6+,7-/m0/s1. The summed E-state index contributed by atoms with van der Waals surface area (Å²) in [6, 6.07) is 0. The lowest BCUT2D eigenvalue weighted by atomic mass is 10.2. The van der Waals surface area contributed by atoms with Gasteiger partial charge in [0.05, 0.1) is 12.7 Å². The van der Waals surface area contributed by atoms with Crippen molar-refractivity contribution < 1.29 is 19.7 Å². The molecule has 0 aliphatic carbocycles. The highest BCUT2D eigenvalue weighted by molar-refractivity contribution is 4.76. The Labute approximate surface area is 65.7 Å². The Balaban J connectivity index is 2.30. The van der Waals surface area contributed by atoms with E-state index in [-0.39, 0.29) is 12.9 Å². The summed E-state index contributed by atoms with van der Waals surface area (Å²) in [5.74, 6) is 0. The molecule has 0 aromatic rings. The van der Waals surface area contributed by atoms with Crippen molar-refractivity contribution in [1.82, 2.24) is 0 Å². The molecule has 1 aliphatic heterocycles. The van der Waals surface area contributed by atoms with Crippen molar-refractivity contribution in [3.8, 4) is 0 Å². The second-order valence-corrected chi connectivity index (χ2v) is 2.55. The summed E-state index contributed by atoms with van der Waals surface area (Å²) in [6.07, 6.45) is -0.936. The van der Waals surface area contributed by atoms with Crippen LogP contribution < -0.4 is 0 Å². The summed E-state index contributed by atoms with van der Waals surface area (Å²) in [5.41, 5.74) is 0. The zero-order valence-corrected chi connectivity index (χ0v) is 6.56. The fourth-order valence-corrected chi connectivity index (χ4v) is 1.15. The van der Waals surface area contributed by atoms with Gasteiger partial charge < -0.3 is 19.7 Å². The molecule has 2 N–H and O–H groups in total. The van der Waals surface area contributed by atoms with Gasteiger partial charge in [0.2, 0.25) is 0 Å². The first-order valence-electron chi connectivity index (χ1n) is 3.84. The molecule has 66 valence electrons. The van der Waals surface area contributed by atoms with E-state index in [0.29, 0.717) is 13.0 Å². The highest BCUT2D eigenvalue weighted by Gasteiger charge is 2.33. The summed E-state index contributed by atoms with van der Waals surface area (Å²) in [4.78, 5) is 0. The van der Waals surface area contributed by atoms with Gasteiger partial charge >= 0.3 is 0 Å². The summed E-state index contributed by atoms with van der Waals surface area (Å²) in [7, 11) is 0. The smallest absolute Gasteiger partial charge is 0.160 e. The normalized spacial score (nSPS) is 37.9. The van der Waals surface area contributed by atoms with Gasteiger partial charge in [-0.1, -0.05) is 0 Å². The van der Waals surface area contributed by atoms with Crippen molar-refractivity contribution >= 4 is 0 Å². The Bertz CT molecular complexity index is 117. The number of hydrogen-bond donors (Lipinski definition) is 2. The highest BCUT2D eigenvalue weighted by Crippen LogP contribution is 2.20. The van der Waals surface area contributed by atoms with E-state index in [1.165, 1.54) is 0 Å². The molecule has 1 heterocycles. The van der Waals surface area contributed by atoms with E-state index in [1.54, 1.807) is 0 Å². The summed E-state index contributed by atoms with van der Waals surface area (Å²) < 4.78 is 10.3. The lowest BCUT2D eigenvalue weighted by molar-refractivity contribution is -0.140. The molecule has 0 spiro atoms. The minimum Gasteiger partial charge on any atom is -0.394 e. The summed E-state index contributed by atoms with van der Waals surface area (Å²) >= 11 is 0. The van der Waals surface area contributed by atoms with Crippen molar-refractivity contribution in [1.29, 1.82) is 0 Å². The van der Waals surface area contributed by atoms with Gasteiger partial charge in [-0.3, -0.25) is 0 Å². The molecular formula is C7H14O4. The van der Waals surface area contributed by atoms with Crippen molar-refractivity contribution in [3.63, 3.8) is 0 Å². The van der Waals surface area contributed by atoms with E-state index in [2.05, 4.69) is 0 Å². The Kier molecular flexibility index (Phi) is 3.26. The number of ether oxygens (including phenoxy) is 2. The van der Waals surface area contributed by atoms with Gasteiger partial charge in [0.15, 0.2) is 6.29 Å². The number of hydrogen-bond acceptors (Lipinski definition) is 4. The molecule has 0 radical (unpaired) electrons. The average molecular weight is 162 g/mol. The molecule has 0 unspecified atom stereocenters. The third-order valence-electron chi connectivity index (χ3n) is 1.72. The number of rotatable bonds is 3. The first kappa shape index (κ1) is 8.93. The Morgan fingerprint density at radius 2 is 2.36 bits per heavy atom. The summed E-state index contributed by atoms with van der Waals surface area (Å²) in [6.45, 7) is 2.28. The Morgan fingerprint density at radius 1 is 1.64 bits per heavy atom. The predicted molar refractivity (Wildman–Crippen MR) is 38.0 cm³/mol. The molecular weight excluding hydrogens is 148 g/mol. The zero-order valence-electron chi connectivity index (χ0n) is 6.56. The van der Waals surface area contributed by atoms with E-state index in [0.717, 1.165) is 0 Å². The first-order chi connectivity index (χ1) is 5.27. The molecule has 3 atom stereocenters. The molecule has 1 aliphatic rings. The van der Waals surface area contributed by atoms with Gasteiger partial charge in [-0.15, -0.1) is 0 Å². The van der Waals surface area contributed by atoms with Crippen LogP contribution >= 0.6 is 0 Å². The second-order valence-electron chi connectivity index (χ2n) is 2.55. The molecule has 1 saturated heterocycles. The van der Waals surface area contributed by atoms with Gasteiger partial charge in [-0.25, -0.2) is 0 Å². The maximum atomic E-state index is 9.22. The largest absolute Gasteiger partial charge is 0.394 e. The number of aliphatic hydroxyl groups is 2. The molecule has 0 saturated carbocycles. The van der Waals surface area contributed by atoms with Crippen LogP contribution in [-0.4, -0.2) is 41.9 Å². The van der Waals surface area contributed by atoms with Gasteiger partial charge in [0.1, 0.15) is 6.10 Å². The first-order valence-corrected chi connectivity index (χ1v) is 3.84. The maximum Gasteiger partial charge on any atom is 0.160 e. The maximum absolute atomic E-state index is 9.22. The molecule has 4 nitrogen and oxygen atoms in total. The van der Waals surface area contributed by atoms with Crippen LogP contribution in [0.3, 0.4) is 0 Å². The third-order valence-corrected chi connectivity index (χ3v) is 1.72. The predicted octanol–water partition coefficient (Wildman–Crippen LogP) is -0.509. The lowest BCUT2D eigenvalue weighted by Gasteiger charge is -2.10. The highest BCUT2D eigenvalue weighted by atomic mass is 16.7. The lowest BCUT2D eigenvalue weighted by Crippen LogP contribution is -2.24. The van der Waals surface area contributed by atoms with Gasteiger partial charge in [0, 0.05) is 13.0 Å². The van der Waals surface area contributed by atoms with E-state index in [4.69, 9.17) is 14.6 Å². The van der Waals surface area contributed by atoms with Crippen molar-refractivity contribution in [2.24, 2.45) is 0 Å². The van der Waals surface area contributed by atoms with Crippen LogP contribution in [-0.2, 0) is 9.47 Å². The van der Waals surface area contributed by atoms with Crippen molar-refractivity contribution in [3.05, 3.63) is 0 Å². The second kappa shape index (κ2) is 4.01. The van der Waals surface area contributed by atoms with Crippen LogP contribution in [0.1, 0.15) is 13.3 Å². The topological polar surface area (TPSA) is 58.9 Å². The van der Waals surface area contributed by atoms with Gasteiger partial charge in [-0.2, -0.15) is 0 Å². The minimum atomic E-state index is -0.587. The van der Waals surface area contributed by atoms with Crippen LogP contribution in [0, 0.1) is 0 Å². The minimum absolute atomic E-state index is 0.148. The van der Waals surface area contributed by atoms with Gasteiger partial charge in [-0.05, 0) is 6.92 Å². The van der Waals surface area contributed by atoms with Crippen LogP contribution in [0.4, 0.5) is 0 Å². The van der Waals surface area contributed by atoms with E-state index < -0.39 is 12.2 Å². The Morgan fingerprint density at radius 3 is 2.82 bits per heavy atom. The van der Waals surface area contributed by atoms with Gasteiger partial charge in [0.25, 0.3) is 0 Å². The van der Waals surface area contributed by atoms with E-state index in [1.807, 2.05) is 6.92 Å². The van der Waals surface area contributed by atoms with Crippen LogP contribution in [0.2, 0.25) is 0 Å². The third kappa shape index (κ3) is 2.13. The molecule has 11 heavy (non-hydrogen) atoms. The molecule has 4 heteroatoms. The molecule has 1 fully saturated rings. The monoisotopic (exact) mass is 162 g/mol.